The Morgan fingerprint density at radius 3 is 2.42 bits per heavy atom. The van der Waals surface area contributed by atoms with Crippen LogP contribution in [0.2, 0.25) is 0 Å². The van der Waals surface area contributed by atoms with Crippen molar-refractivity contribution in [2.75, 3.05) is 26.3 Å². The fourth-order valence-corrected chi connectivity index (χ4v) is 3.83. The Kier molecular flexibility index (Phi) is 6.01. The van der Waals surface area contributed by atoms with Gasteiger partial charge in [0, 0.05) is 24.7 Å². The van der Waals surface area contributed by atoms with Crippen LogP contribution in [0.3, 0.4) is 0 Å². The molecule has 24 heavy (non-hydrogen) atoms. The summed E-state index contributed by atoms with van der Waals surface area (Å²) in [6.07, 6.45) is 0. The van der Waals surface area contributed by atoms with Crippen molar-refractivity contribution in [1.82, 2.24) is 9.62 Å². The van der Waals surface area contributed by atoms with Gasteiger partial charge in [-0.3, -0.25) is 4.79 Å². The summed E-state index contributed by atoms with van der Waals surface area (Å²) in [7, 11) is -3.61. The van der Waals surface area contributed by atoms with E-state index in [1.54, 1.807) is 19.1 Å². The number of sulfonamides is 1. The zero-order valence-electron chi connectivity index (χ0n) is 14.7. The molecule has 0 radical (unpaired) electrons. The van der Waals surface area contributed by atoms with Gasteiger partial charge in [0.15, 0.2) is 0 Å². The number of nitrogens with one attached hydrogen (secondary N) is 1. The normalized spacial score (nSPS) is 17.7. The van der Waals surface area contributed by atoms with E-state index in [4.69, 9.17) is 4.74 Å². The number of ether oxygens (including phenoxy) is 1. The maximum absolute atomic E-state index is 12.7. The number of rotatable bonds is 5. The second-order valence-corrected chi connectivity index (χ2v) is 8.44. The van der Waals surface area contributed by atoms with E-state index in [2.05, 4.69) is 5.32 Å². The Hall–Kier alpha value is -1.44. The highest BCUT2D eigenvalue weighted by molar-refractivity contribution is 7.89. The molecule has 7 heteroatoms. The quantitative estimate of drug-likeness (QED) is 0.875. The molecule has 0 unspecified atom stereocenters. The van der Waals surface area contributed by atoms with Crippen molar-refractivity contribution in [2.45, 2.75) is 38.6 Å². The largest absolute Gasteiger partial charge is 0.379 e. The molecule has 1 aliphatic heterocycles. The second-order valence-electron chi connectivity index (χ2n) is 6.50. The standard InChI is InChI=1S/C17H26N2O4S/c1-12(2)14(4)18-17(20)16-11-15(6-5-13(16)3)24(21,22)19-7-9-23-10-8-19/h5-6,11-12,14H,7-10H2,1-4H3,(H,18,20)/t14-/m0/s1. The number of carbonyl (C=O) groups is 1. The number of hydrogen-bond donors (Lipinski definition) is 1. The van der Waals surface area contributed by atoms with Gasteiger partial charge in [-0.15, -0.1) is 0 Å². The van der Waals surface area contributed by atoms with Crippen LogP contribution in [0.15, 0.2) is 23.1 Å². The van der Waals surface area contributed by atoms with E-state index >= 15 is 0 Å². The van der Waals surface area contributed by atoms with Crippen LogP contribution in [0.4, 0.5) is 0 Å². The first kappa shape index (κ1) is 18.9. The Bertz CT molecular complexity index is 695. The fourth-order valence-electron chi connectivity index (χ4n) is 2.39. The number of carbonyl (C=O) groups excluding carboxylic acids is 1. The molecule has 134 valence electrons. The molecule has 0 saturated carbocycles. The van der Waals surface area contributed by atoms with Gasteiger partial charge in [0.05, 0.1) is 18.1 Å². The minimum absolute atomic E-state index is 0.0106. The van der Waals surface area contributed by atoms with E-state index < -0.39 is 10.0 Å². The van der Waals surface area contributed by atoms with Crippen LogP contribution in [-0.2, 0) is 14.8 Å². The molecule has 1 fully saturated rings. The van der Waals surface area contributed by atoms with E-state index in [0.717, 1.165) is 5.56 Å². The van der Waals surface area contributed by atoms with E-state index in [1.807, 2.05) is 20.8 Å². The lowest BCUT2D eigenvalue weighted by atomic mass is 10.0. The maximum atomic E-state index is 12.7. The number of nitrogens with zero attached hydrogens (tertiary/aromatic N) is 1. The number of hydrogen-bond acceptors (Lipinski definition) is 4. The minimum atomic E-state index is -3.61. The molecule has 1 N–H and O–H groups in total. The van der Waals surface area contributed by atoms with Crippen LogP contribution in [0.5, 0.6) is 0 Å². The molecule has 0 bridgehead atoms. The zero-order chi connectivity index (χ0) is 17.9. The zero-order valence-corrected chi connectivity index (χ0v) is 15.5. The second kappa shape index (κ2) is 7.63. The van der Waals surface area contributed by atoms with Gasteiger partial charge >= 0.3 is 0 Å². The van der Waals surface area contributed by atoms with Crippen molar-refractivity contribution < 1.29 is 17.9 Å². The molecule has 1 atom stereocenters. The third kappa shape index (κ3) is 4.15. The van der Waals surface area contributed by atoms with Crippen LogP contribution in [0, 0.1) is 12.8 Å². The summed E-state index contributed by atoms with van der Waals surface area (Å²) in [5.41, 5.74) is 1.15. The fraction of sp³-hybridized carbons (Fsp3) is 0.588. The lowest BCUT2D eigenvalue weighted by Crippen LogP contribution is -2.40. The van der Waals surface area contributed by atoms with Gasteiger partial charge in [-0.1, -0.05) is 19.9 Å². The molecule has 1 amide bonds. The Morgan fingerprint density at radius 2 is 1.83 bits per heavy atom. The first-order valence-corrected chi connectivity index (χ1v) is 9.67. The average molecular weight is 354 g/mol. The van der Waals surface area contributed by atoms with Crippen molar-refractivity contribution in [3.8, 4) is 0 Å². The lowest BCUT2D eigenvalue weighted by Gasteiger charge is -2.26. The van der Waals surface area contributed by atoms with Crippen LogP contribution in [-0.4, -0.2) is 51.0 Å². The molecule has 2 rings (SSSR count). The van der Waals surface area contributed by atoms with Crippen molar-refractivity contribution in [3.05, 3.63) is 29.3 Å². The van der Waals surface area contributed by atoms with E-state index in [9.17, 15) is 13.2 Å². The minimum Gasteiger partial charge on any atom is -0.379 e. The van der Waals surface area contributed by atoms with Crippen LogP contribution < -0.4 is 5.32 Å². The number of amides is 1. The van der Waals surface area contributed by atoms with Gasteiger partial charge < -0.3 is 10.1 Å². The third-order valence-electron chi connectivity index (χ3n) is 4.42. The van der Waals surface area contributed by atoms with E-state index in [1.165, 1.54) is 10.4 Å². The van der Waals surface area contributed by atoms with Crippen LogP contribution in [0.25, 0.3) is 0 Å². The monoisotopic (exact) mass is 354 g/mol. The Morgan fingerprint density at radius 1 is 1.21 bits per heavy atom. The van der Waals surface area contributed by atoms with Crippen molar-refractivity contribution in [1.29, 1.82) is 0 Å². The Balaban J connectivity index is 2.29. The molecule has 1 heterocycles. The van der Waals surface area contributed by atoms with Crippen LogP contribution in [0.1, 0.15) is 36.7 Å². The summed E-state index contributed by atoms with van der Waals surface area (Å²) in [4.78, 5) is 12.6. The number of aryl methyl sites for hydroxylation is 1. The highest BCUT2D eigenvalue weighted by Gasteiger charge is 2.27. The molecule has 1 aliphatic rings. The van der Waals surface area contributed by atoms with Gasteiger partial charge in [0.25, 0.3) is 5.91 Å². The van der Waals surface area contributed by atoms with Gasteiger partial charge in [0.2, 0.25) is 10.0 Å². The summed E-state index contributed by atoms with van der Waals surface area (Å²) < 4.78 is 32.1. The predicted octanol–water partition coefficient (Wildman–Crippen LogP) is 1.79. The highest BCUT2D eigenvalue weighted by atomic mass is 32.2. The SMILES string of the molecule is Cc1ccc(S(=O)(=O)N2CCOCC2)cc1C(=O)N[C@@H](C)C(C)C. The molecular weight excluding hydrogens is 328 g/mol. The Labute approximate surface area is 144 Å². The summed E-state index contributed by atoms with van der Waals surface area (Å²) >= 11 is 0. The third-order valence-corrected chi connectivity index (χ3v) is 6.31. The molecule has 0 aromatic heterocycles. The summed E-state index contributed by atoms with van der Waals surface area (Å²) in [6, 6.07) is 4.73. The van der Waals surface area contributed by atoms with Gasteiger partial charge in [-0.25, -0.2) is 8.42 Å². The number of morpholine rings is 1. The predicted molar refractivity (Wildman–Crippen MR) is 92.5 cm³/mol. The van der Waals surface area contributed by atoms with E-state index in [0.29, 0.717) is 37.8 Å². The average Bonchev–Trinajstić information content (AvgIpc) is 2.55. The van der Waals surface area contributed by atoms with Gasteiger partial charge in [-0.05, 0) is 37.5 Å². The smallest absolute Gasteiger partial charge is 0.251 e. The lowest BCUT2D eigenvalue weighted by molar-refractivity contribution is 0.0730. The van der Waals surface area contributed by atoms with E-state index in [-0.39, 0.29) is 16.8 Å². The first-order valence-electron chi connectivity index (χ1n) is 8.23. The summed E-state index contributed by atoms with van der Waals surface area (Å²) in [6.45, 7) is 9.25. The van der Waals surface area contributed by atoms with Crippen molar-refractivity contribution in [3.63, 3.8) is 0 Å². The molecule has 6 nitrogen and oxygen atoms in total. The van der Waals surface area contributed by atoms with Gasteiger partial charge in [-0.2, -0.15) is 4.31 Å². The van der Waals surface area contributed by atoms with Crippen molar-refractivity contribution in [2.24, 2.45) is 5.92 Å². The van der Waals surface area contributed by atoms with Crippen molar-refractivity contribution >= 4 is 15.9 Å². The first-order chi connectivity index (χ1) is 11.2. The number of benzene rings is 1. The molecule has 1 saturated heterocycles. The molecule has 1 aromatic rings. The molecule has 0 aliphatic carbocycles. The highest BCUT2D eigenvalue weighted by Crippen LogP contribution is 2.21. The molecule has 1 aromatic carbocycles. The maximum Gasteiger partial charge on any atom is 0.251 e. The summed E-state index contributed by atoms with van der Waals surface area (Å²) in [5, 5.41) is 2.93. The van der Waals surface area contributed by atoms with Crippen LogP contribution >= 0.6 is 0 Å². The molecule has 0 spiro atoms. The molecular formula is C17H26N2O4S. The summed E-state index contributed by atoms with van der Waals surface area (Å²) in [5.74, 6) is 0.0576. The van der Waals surface area contributed by atoms with Gasteiger partial charge in [0.1, 0.15) is 0 Å². The topological polar surface area (TPSA) is 75.7 Å².